The van der Waals surface area contributed by atoms with Crippen LogP contribution < -0.4 is 11.1 Å². The van der Waals surface area contributed by atoms with Crippen LogP contribution in [0.3, 0.4) is 0 Å². The fourth-order valence-corrected chi connectivity index (χ4v) is 2.17. The molecule has 0 spiro atoms. The summed E-state index contributed by atoms with van der Waals surface area (Å²) in [7, 11) is 0. The first kappa shape index (κ1) is 14.6. The van der Waals surface area contributed by atoms with E-state index in [9.17, 15) is 4.79 Å². The zero-order valence-corrected chi connectivity index (χ0v) is 11.6. The van der Waals surface area contributed by atoms with E-state index in [0.717, 1.165) is 25.8 Å². The van der Waals surface area contributed by atoms with E-state index in [0.29, 0.717) is 11.3 Å². The Balaban J connectivity index is 2.66. The van der Waals surface area contributed by atoms with Crippen LogP contribution in [-0.2, 0) is 0 Å². The summed E-state index contributed by atoms with van der Waals surface area (Å²) in [5.74, 6) is -0.0398. The Morgan fingerprint density at radius 3 is 2.33 bits per heavy atom. The van der Waals surface area contributed by atoms with Gasteiger partial charge >= 0.3 is 0 Å². The molecular weight excluding hydrogens is 224 g/mol. The van der Waals surface area contributed by atoms with E-state index in [1.807, 2.05) is 0 Å². The summed E-state index contributed by atoms with van der Waals surface area (Å²) in [6, 6.07) is 7.08. The second-order valence-electron chi connectivity index (χ2n) is 4.87. The van der Waals surface area contributed by atoms with E-state index >= 15 is 0 Å². The van der Waals surface area contributed by atoms with E-state index < -0.39 is 0 Å². The number of nitrogens with one attached hydrogen (secondary N) is 1. The smallest absolute Gasteiger partial charge is 0.251 e. The van der Waals surface area contributed by atoms with Gasteiger partial charge in [-0.1, -0.05) is 26.8 Å². The van der Waals surface area contributed by atoms with E-state index in [2.05, 4.69) is 26.1 Å². The first-order valence-electron chi connectivity index (χ1n) is 6.70. The van der Waals surface area contributed by atoms with E-state index in [-0.39, 0.29) is 11.3 Å². The summed E-state index contributed by atoms with van der Waals surface area (Å²) in [5, 5.41) is 3.03. The topological polar surface area (TPSA) is 55.1 Å². The van der Waals surface area contributed by atoms with Crippen molar-refractivity contribution in [3.05, 3.63) is 29.8 Å². The van der Waals surface area contributed by atoms with Gasteiger partial charge in [-0.3, -0.25) is 4.79 Å². The standard InChI is InChI=1S/C15H24N2O/c1-4-15(5-2,6-3)11-17-14(18)12-8-7-9-13(16)10-12/h7-10H,4-6,11,16H2,1-3H3,(H,17,18). The normalized spacial score (nSPS) is 11.3. The van der Waals surface area contributed by atoms with Crippen LogP contribution in [0.25, 0.3) is 0 Å². The monoisotopic (exact) mass is 248 g/mol. The maximum Gasteiger partial charge on any atom is 0.251 e. The lowest BCUT2D eigenvalue weighted by Gasteiger charge is -2.30. The molecular formula is C15H24N2O. The average molecular weight is 248 g/mol. The highest BCUT2D eigenvalue weighted by Crippen LogP contribution is 2.29. The highest BCUT2D eigenvalue weighted by Gasteiger charge is 2.24. The Kier molecular flexibility index (Phi) is 5.20. The molecule has 3 nitrogen and oxygen atoms in total. The second-order valence-corrected chi connectivity index (χ2v) is 4.87. The number of rotatable bonds is 6. The van der Waals surface area contributed by atoms with Gasteiger partial charge in [-0.15, -0.1) is 0 Å². The Bertz CT molecular complexity index is 389. The molecule has 3 heteroatoms. The molecule has 1 amide bonds. The third-order valence-electron chi connectivity index (χ3n) is 4.02. The number of hydrogen-bond donors (Lipinski definition) is 2. The molecule has 1 aromatic carbocycles. The molecule has 100 valence electrons. The Morgan fingerprint density at radius 2 is 1.83 bits per heavy atom. The molecule has 0 heterocycles. The second kappa shape index (κ2) is 6.43. The first-order valence-corrected chi connectivity index (χ1v) is 6.70. The summed E-state index contributed by atoms with van der Waals surface area (Å²) in [6.07, 6.45) is 3.24. The Labute approximate surface area is 110 Å². The van der Waals surface area contributed by atoms with E-state index in [4.69, 9.17) is 5.73 Å². The van der Waals surface area contributed by atoms with Gasteiger partial charge in [0.15, 0.2) is 0 Å². The molecule has 0 fully saturated rings. The fourth-order valence-electron chi connectivity index (χ4n) is 2.17. The lowest BCUT2D eigenvalue weighted by atomic mass is 9.80. The van der Waals surface area contributed by atoms with Gasteiger partial charge < -0.3 is 11.1 Å². The molecule has 0 radical (unpaired) electrons. The van der Waals surface area contributed by atoms with Crippen LogP contribution in [0.2, 0.25) is 0 Å². The third-order valence-corrected chi connectivity index (χ3v) is 4.02. The summed E-state index contributed by atoms with van der Waals surface area (Å²) in [5.41, 5.74) is 7.15. The molecule has 0 aliphatic carbocycles. The highest BCUT2D eigenvalue weighted by atomic mass is 16.1. The van der Waals surface area contributed by atoms with Crippen molar-refractivity contribution in [1.29, 1.82) is 0 Å². The minimum atomic E-state index is -0.0398. The molecule has 0 aromatic heterocycles. The summed E-state index contributed by atoms with van der Waals surface area (Å²) >= 11 is 0. The maximum atomic E-state index is 12.0. The number of hydrogen-bond acceptors (Lipinski definition) is 2. The Hall–Kier alpha value is -1.51. The summed E-state index contributed by atoms with van der Waals surface area (Å²) in [6.45, 7) is 7.27. The maximum absolute atomic E-state index is 12.0. The van der Waals surface area contributed by atoms with E-state index in [1.165, 1.54) is 0 Å². The molecule has 0 aliphatic rings. The van der Waals surface area contributed by atoms with Gasteiger partial charge in [-0.05, 0) is 42.9 Å². The molecule has 1 rings (SSSR count). The van der Waals surface area contributed by atoms with Crippen LogP contribution in [-0.4, -0.2) is 12.5 Å². The van der Waals surface area contributed by atoms with Crippen LogP contribution in [0.4, 0.5) is 5.69 Å². The van der Waals surface area contributed by atoms with Crippen molar-refractivity contribution < 1.29 is 4.79 Å². The lowest BCUT2D eigenvalue weighted by molar-refractivity contribution is 0.0924. The molecule has 18 heavy (non-hydrogen) atoms. The SMILES string of the molecule is CCC(CC)(CC)CNC(=O)c1cccc(N)c1. The van der Waals surface area contributed by atoms with Crippen LogP contribution in [0.15, 0.2) is 24.3 Å². The summed E-state index contributed by atoms with van der Waals surface area (Å²) < 4.78 is 0. The van der Waals surface area contributed by atoms with Crippen LogP contribution in [0, 0.1) is 5.41 Å². The van der Waals surface area contributed by atoms with Crippen molar-refractivity contribution in [2.45, 2.75) is 40.0 Å². The molecule has 0 aliphatic heterocycles. The number of amides is 1. The number of benzene rings is 1. The lowest BCUT2D eigenvalue weighted by Crippen LogP contribution is -2.36. The number of carbonyl (C=O) groups is 1. The molecule has 0 atom stereocenters. The van der Waals surface area contributed by atoms with Gasteiger partial charge in [0.05, 0.1) is 0 Å². The van der Waals surface area contributed by atoms with Crippen molar-refractivity contribution in [3.63, 3.8) is 0 Å². The van der Waals surface area contributed by atoms with Gasteiger partial charge in [0.25, 0.3) is 5.91 Å². The van der Waals surface area contributed by atoms with Gasteiger partial charge in [0.1, 0.15) is 0 Å². The Morgan fingerprint density at radius 1 is 1.22 bits per heavy atom. The van der Waals surface area contributed by atoms with Crippen molar-refractivity contribution in [3.8, 4) is 0 Å². The van der Waals surface area contributed by atoms with Crippen molar-refractivity contribution in [2.24, 2.45) is 5.41 Å². The molecule has 0 unspecified atom stereocenters. The zero-order valence-electron chi connectivity index (χ0n) is 11.6. The molecule has 0 saturated carbocycles. The fraction of sp³-hybridized carbons (Fsp3) is 0.533. The molecule has 0 saturated heterocycles. The quantitative estimate of drug-likeness (QED) is 0.759. The van der Waals surface area contributed by atoms with Gasteiger partial charge in [0, 0.05) is 17.8 Å². The molecule has 3 N–H and O–H groups in total. The zero-order chi connectivity index (χ0) is 13.6. The van der Waals surface area contributed by atoms with Crippen molar-refractivity contribution in [1.82, 2.24) is 5.32 Å². The minimum absolute atomic E-state index is 0.0398. The predicted octanol–water partition coefficient (Wildman–Crippen LogP) is 3.22. The van der Waals surface area contributed by atoms with Crippen LogP contribution in [0.5, 0.6) is 0 Å². The molecule has 0 bridgehead atoms. The van der Waals surface area contributed by atoms with Gasteiger partial charge in [-0.2, -0.15) is 0 Å². The summed E-state index contributed by atoms with van der Waals surface area (Å²) in [4.78, 5) is 12.0. The molecule has 1 aromatic rings. The third kappa shape index (κ3) is 3.49. The minimum Gasteiger partial charge on any atom is -0.399 e. The average Bonchev–Trinajstić information content (AvgIpc) is 2.40. The number of carbonyl (C=O) groups excluding carboxylic acids is 1. The van der Waals surface area contributed by atoms with Crippen molar-refractivity contribution >= 4 is 11.6 Å². The van der Waals surface area contributed by atoms with E-state index in [1.54, 1.807) is 24.3 Å². The van der Waals surface area contributed by atoms with Gasteiger partial charge in [-0.25, -0.2) is 0 Å². The number of nitrogen functional groups attached to an aromatic ring is 1. The highest BCUT2D eigenvalue weighted by molar-refractivity contribution is 5.94. The van der Waals surface area contributed by atoms with Gasteiger partial charge in [0.2, 0.25) is 0 Å². The van der Waals surface area contributed by atoms with Crippen LogP contribution in [0.1, 0.15) is 50.4 Å². The predicted molar refractivity (Wildman–Crippen MR) is 76.5 cm³/mol. The van der Waals surface area contributed by atoms with Crippen LogP contribution >= 0.6 is 0 Å². The number of nitrogens with two attached hydrogens (primary N) is 1. The van der Waals surface area contributed by atoms with Crippen molar-refractivity contribution in [2.75, 3.05) is 12.3 Å². The first-order chi connectivity index (χ1) is 8.56. The number of anilines is 1. The largest absolute Gasteiger partial charge is 0.399 e.